The van der Waals surface area contributed by atoms with Crippen LogP contribution in [0.3, 0.4) is 0 Å². The molecule has 0 saturated carbocycles. The molecule has 2 aliphatic rings. The van der Waals surface area contributed by atoms with Crippen LogP contribution in [0.25, 0.3) is 10.6 Å². The Kier molecular flexibility index (Phi) is 5.35. The number of nitrogens with zero attached hydrogens (tertiary/aromatic N) is 3. The van der Waals surface area contributed by atoms with Gasteiger partial charge in [-0.15, -0.1) is 11.3 Å². The minimum Gasteiger partial charge on any atom is -0.447 e. The first-order valence-electron chi connectivity index (χ1n) is 9.77. The van der Waals surface area contributed by atoms with Gasteiger partial charge in [0, 0.05) is 29.6 Å². The van der Waals surface area contributed by atoms with Crippen LogP contribution in [-0.4, -0.2) is 58.6 Å². The van der Waals surface area contributed by atoms with Crippen LogP contribution in [0.2, 0.25) is 0 Å². The van der Waals surface area contributed by atoms with E-state index in [1.165, 1.54) is 0 Å². The number of hydrogen-bond acceptors (Lipinski definition) is 5. The van der Waals surface area contributed by atoms with Crippen LogP contribution >= 0.6 is 11.3 Å². The van der Waals surface area contributed by atoms with Gasteiger partial charge in [-0.3, -0.25) is 9.69 Å². The molecule has 1 atom stereocenters. The Morgan fingerprint density at radius 1 is 1.25 bits per heavy atom. The van der Waals surface area contributed by atoms with Crippen molar-refractivity contribution in [2.75, 3.05) is 19.7 Å². The van der Waals surface area contributed by atoms with Gasteiger partial charge in [0.2, 0.25) is 5.91 Å². The number of likely N-dealkylation sites (tertiary alicyclic amines) is 1. The van der Waals surface area contributed by atoms with Gasteiger partial charge in [0.25, 0.3) is 0 Å². The Labute approximate surface area is 169 Å². The molecule has 6 nitrogen and oxygen atoms in total. The van der Waals surface area contributed by atoms with E-state index in [-0.39, 0.29) is 24.1 Å². The fraction of sp³-hybridized carbons (Fsp3) is 0.476. The quantitative estimate of drug-likeness (QED) is 0.790. The van der Waals surface area contributed by atoms with E-state index in [0.717, 1.165) is 34.0 Å². The third-order valence-corrected chi connectivity index (χ3v) is 6.64. The minimum atomic E-state index is -0.219. The van der Waals surface area contributed by atoms with Gasteiger partial charge in [0.15, 0.2) is 0 Å². The summed E-state index contributed by atoms with van der Waals surface area (Å²) in [6, 6.07) is 10.3. The average Bonchev–Trinajstić information content (AvgIpc) is 3.24. The van der Waals surface area contributed by atoms with Crippen molar-refractivity contribution >= 4 is 23.3 Å². The predicted octanol–water partition coefficient (Wildman–Crippen LogP) is 3.49. The molecular formula is C21H25N3O3S. The number of aromatic nitrogens is 1. The van der Waals surface area contributed by atoms with Crippen LogP contribution in [0.1, 0.15) is 30.3 Å². The molecule has 0 aliphatic carbocycles. The molecule has 2 fully saturated rings. The summed E-state index contributed by atoms with van der Waals surface area (Å²) in [6.45, 7) is 5.85. The van der Waals surface area contributed by atoms with Crippen LogP contribution in [0.5, 0.6) is 0 Å². The molecule has 0 bridgehead atoms. The number of aryl methyl sites for hydroxylation is 1. The molecule has 7 heteroatoms. The first-order valence-corrected chi connectivity index (χ1v) is 10.6. The van der Waals surface area contributed by atoms with Gasteiger partial charge in [-0.2, -0.15) is 0 Å². The van der Waals surface area contributed by atoms with Gasteiger partial charge < -0.3 is 9.64 Å². The van der Waals surface area contributed by atoms with Crippen molar-refractivity contribution in [3.8, 4) is 10.6 Å². The number of carbonyl (C=O) groups excluding carboxylic acids is 2. The molecule has 3 heterocycles. The second-order valence-electron chi connectivity index (χ2n) is 7.51. The van der Waals surface area contributed by atoms with Crippen LogP contribution in [0.4, 0.5) is 4.79 Å². The van der Waals surface area contributed by atoms with Crippen molar-refractivity contribution in [3.63, 3.8) is 0 Å². The number of piperidine rings is 1. The third-order valence-electron chi connectivity index (χ3n) is 5.58. The summed E-state index contributed by atoms with van der Waals surface area (Å²) >= 11 is 1.63. The number of thiazole rings is 1. The fourth-order valence-electron chi connectivity index (χ4n) is 3.98. The largest absolute Gasteiger partial charge is 0.447 e. The molecule has 2 saturated heterocycles. The second kappa shape index (κ2) is 7.91. The molecule has 2 amide bonds. The average molecular weight is 400 g/mol. The molecule has 28 heavy (non-hydrogen) atoms. The highest BCUT2D eigenvalue weighted by molar-refractivity contribution is 7.15. The highest BCUT2D eigenvalue weighted by Gasteiger charge is 2.37. The number of benzene rings is 1. The van der Waals surface area contributed by atoms with Crippen molar-refractivity contribution in [1.29, 1.82) is 0 Å². The molecule has 2 aliphatic heterocycles. The number of cyclic esters (lactones) is 1. The number of ether oxygens (including phenoxy) is 1. The molecule has 148 valence electrons. The zero-order valence-electron chi connectivity index (χ0n) is 16.3. The monoisotopic (exact) mass is 399 g/mol. The predicted molar refractivity (Wildman–Crippen MR) is 108 cm³/mol. The number of rotatable bonds is 4. The molecule has 2 aromatic rings. The lowest BCUT2D eigenvalue weighted by Crippen LogP contribution is -2.49. The highest BCUT2D eigenvalue weighted by atomic mass is 32.1. The van der Waals surface area contributed by atoms with Gasteiger partial charge in [-0.25, -0.2) is 9.78 Å². The zero-order valence-corrected chi connectivity index (χ0v) is 17.1. The number of amides is 2. The van der Waals surface area contributed by atoms with E-state index >= 15 is 0 Å². The van der Waals surface area contributed by atoms with Crippen molar-refractivity contribution < 1.29 is 14.3 Å². The molecule has 1 aromatic heterocycles. The maximum absolute atomic E-state index is 12.8. The van der Waals surface area contributed by atoms with Gasteiger partial charge in [0.1, 0.15) is 11.6 Å². The first-order chi connectivity index (χ1) is 13.5. The van der Waals surface area contributed by atoms with Gasteiger partial charge in [-0.05, 0) is 26.7 Å². The van der Waals surface area contributed by atoms with E-state index in [4.69, 9.17) is 9.72 Å². The summed E-state index contributed by atoms with van der Waals surface area (Å²) in [4.78, 5) is 34.3. The third kappa shape index (κ3) is 3.76. The Hall–Kier alpha value is -2.41. The van der Waals surface area contributed by atoms with E-state index < -0.39 is 0 Å². The maximum atomic E-state index is 12.8. The van der Waals surface area contributed by atoms with Crippen LogP contribution in [-0.2, 0) is 16.0 Å². The van der Waals surface area contributed by atoms with E-state index in [1.807, 2.05) is 54.0 Å². The first kappa shape index (κ1) is 18.9. The Bertz CT molecular complexity index is 859. The van der Waals surface area contributed by atoms with E-state index in [2.05, 4.69) is 0 Å². The van der Waals surface area contributed by atoms with Crippen molar-refractivity contribution in [3.05, 3.63) is 40.9 Å². The maximum Gasteiger partial charge on any atom is 0.410 e. The number of hydrogen-bond donors (Lipinski definition) is 0. The summed E-state index contributed by atoms with van der Waals surface area (Å²) in [5.41, 5.74) is 1.95. The molecule has 0 N–H and O–H groups in total. The molecular weight excluding hydrogens is 374 g/mol. The SMILES string of the molecule is Cc1sc(-c2ccccc2)nc1CC(=O)N1CCC(N2C(=O)OCC2C)CC1. The van der Waals surface area contributed by atoms with E-state index in [1.54, 1.807) is 11.3 Å². The standard InChI is InChI=1S/C21H25N3O3S/c1-14-13-27-21(26)24(14)17-8-10-23(11-9-17)19(25)12-18-15(2)28-20(22-18)16-6-4-3-5-7-16/h3-7,14,17H,8-13H2,1-2H3. The minimum absolute atomic E-state index is 0.114. The normalized spacial score (nSPS) is 20.5. The lowest BCUT2D eigenvalue weighted by molar-refractivity contribution is -0.131. The summed E-state index contributed by atoms with van der Waals surface area (Å²) in [5, 5.41) is 0.959. The van der Waals surface area contributed by atoms with E-state index in [9.17, 15) is 9.59 Å². The molecule has 0 spiro atoms. The molecule has 4 rings (SSSR count). The van der Waals surface area contributed by atoms with Crippen LogP contribution in [0, 0.1) is 6.92 Å². The van der Waals surface area contributed by atoms with Crippen molar-refractivity contribution in [2.45, 2.75) is 45.2 Å². The Morgan fingerprint density at radius 3 is 2.61 bits per heavy atom. The van der Waals surface area contributed by atoms with Gasteiger partial charge >= 0.3 is 6.09 Å². The molecule has 0 radical (unpaired) electrons. The lowest BCUT2D eigenvalue weighted by atomic mass is 10.0. The van der Waals surface area contributed by atoms with Crippen molar-refractivity contribution in [1.82, 2.24) is 14.8 Å². The van der Waals surface area contributed by atoms with Crippen LogP contribution in [0.15, 0.2) is 30.3 Å². The van der Waals surface area contributed by atoms with Gasteiger partial charge in [-0.1, -0.05) is 30.3 Å². The Morgan fingerprint density at radius 2 is 1.96 bits per heavy atom. The summed E-state index contributed by atoms with van der Waals surface area (Å²) in [7, 11) is 0. The summed E-state index contributed by atoms with van der Waals surface area (Å²) in [5.74, 6) is 0.114. The topological polar surface area (TPSA) is 62.7 Å². The molecule has 1 unspecified atom stereocenters. The van der Waals surface area contributed by atoms with E-state index in [0.29, 0.717) is 26.1 Å². The fourth-order valence-corrected chi connectivity index (χ4v) is 4.92. The highest BCUT2D eigenvalue weighted by Crippen LogP contribution is 2.28. The van der Waals surface area contributed by atoms with Crippen LogP contribution < -0.4 is 0 Å². The Balaban J connectivity index is 1.36. The molecule has 1 aromatic carbocycles. The van der Waals surface area contributed by atoms with Gasteiger partial charge in [0.05, 0.1) is 18.2 Å². The lowest BCUT2D eigenvalue weighted by Gasteiger charge is -2.37. The van der Waals surface area contributed by atoms with Crippen molar-refractivity contribution in [2.24, 2.45) is 0 Å². The zero-order chi connectivity index (χ0) is 19.7. The second-order valence-corrected chi connectivity index (χ2v) is 8.71. The number of carbonyl (C=O) groups is 2. The smallest absolute Gasteiger partial charge is 0.410 e. The summed E-state index contributed by atoms with van der Waals surface area (Å²) < 4.78 is 5.14. The summed E-state index contributed by atoms with van der Waals surface area (Å²) in [6.07, 6.45) is 1.72.